The maximum Gasteiger partial charge on any atom is 0.0195 e. The lowest BCUT2D eigenvalue weighted by atomic mass is 9.84. The molecular weight excluding hydrogens is 218 g/mol. The summed E-state index contributed by atoms with van der Waals surface area (Å²) in [7, 11) is 0. The monoisotopic (exact) mass is 245 g/mol. The van der Waals surface area contributed by atoms with Crippen molar-refractivity contribution in [3.8, 4) is 0 Å². The third kappa shape index (κ3) is 3.35. The zero-order chi connectivity index (χ0) is 13.2. The second-order valence-electron chi connectivity index (χ2n) is 6.49. The molecule has 0 aromatic heterocycles. The Hall–Kier alpha value is -0.820. The first kappa shape index (κ1) is 13.6. The maximum atomic E-state index is 6.64. The topological polar surface area (TPSA) is 26.0 Å². The molecule has 0 spiro atoms. The normalized spacial score (nSPS) is 29.0. The zero-order valence-corrected chi connectivity index (χ0v) is 12.1. The van der Waals surface area contributed by atoms with Crippen molar-refractivity contribution in [2.45, 2.75) is 64.8 Å². The van der Waals surface area contributed by atoms with Crippen molar-refractivity contribution in [2.75, 3.05) is 0 Å². The van der Waals surface area contributed by atoms with Crippen LogP contribution in [-0.2, 0) is 6.42 Å². The lowest BCUT2D eigenvalue weighted by Gasteiger charge is -2.28. The average molecular weight is 245 g/mol. The van der Waals surface area contributed by atoms with Crippen LogP contribution in [0.1, 0.15) is 55.7 Å². The van der Waals surface area contributed by atoms with Crippen LogP contribution in [0.25, 0.3) is 0 Å². The minimum absolute atomic E-state index is 0.0342. The fourth-order valence-electron chi connectivity index (χ4n) is 3.10. The lowest BCUT2D eigenvalue weighted by molar-refractivity contribution is 0.363. The first-order chi connectivity index (χ1) is 8.48. The molecule has 1 fully saturated rings. The first-order valence-electron chi connectivity index (χ1n) is 7.33. The number of hydrogen-bond acceptors (Lipinski definition) is 1. The van der Waals surface area contributed by atoms with E-state index >= 15 is 0 Å². The third-order valence-corrected chi connectivity index (χ3v) is 4.63. The molecule has 1 aliphatic carbocycles. The number of rotatable bonds is 2. The number of aryl methyl sites for hydroxylation is 2. The fraction of sp³-hybridized carbons (Fsp3) is 0.647. The van der Waals surface area contributed by atoms with Gasteiger partial charge in [-0.05, 0) is 62.1 Å². The van der Waals surface area contributed by atoms with Crippen LogP contribution in [0, 0.1) is 19.8 Å². The van der Waals surface area contributed by atoms with Crippen molar-refractivity contribution >= 4 is 0 Å². The standard InChI is InChI=1S/C17H27N/c1-13-5-4-9-17(18,10-8-13)12-16-7-6-14(2)15(3)11-16/h6-7,11,13H,4-5,8-10,12,18H2,1-3H3. The van der Waals surface area contributed by atoms with E-state index in [-0.39, 0.29) is 5.54 Å². The van der Waals surface area contributed by atoms with Crippen molar-refractivity contribution in [2.24, 2.45) is 11.7 Å². The van der Waals surface area contributed by atoms with Crippen LogP contribution in [0.3, 0.4) is 0 Å². The number of nitrogens with two attached hydrogens (primary N) is 1. The molecule has 0 aliphatic heterocycles. The Morgan fingerprint density at radius 3 is 2.67 bits per heavy atom. The first-order valence-corrected chi connectivity index (χ1v) is 7.33. The molecule has 0 heterocycles. The molecule has 1 nitrogen and oxygen atoms in total. The Kier molecular flexibility index (Phi) is 4.11. The second kappa shape index (κ2) is 5.44. The smallest absolute Gasteiger partial charge is 0.0195 e. The van der Waals surface area contributed by atoms with Gasteiger partial charge in [0.05, 0.1) is 0 Å². The quantitative estimate of drug-likeness (QED) is 0.778. The van der Waals surface area contributed by atoms with Gasteiger partial charge in [-0.25, -0.2) is 0 Å². The third-order valence-electron chi connectivity index (χ3n) is 4.63. The molecule has 18 heavy (non-hydrogen) atoms. The Morgan fingerprint density at radius 1 is 1.17 bits per heavy atom. The predicted octanol–water partition coefficient (Wildman–Crippen LogP) is 4.14. The van der Waals surface area contributed by atoms with Crippen LogP contribution < -0.4 is 5.73 Å². The van der Waals surface area contributed by atoms with E-state index in [0.29, 0.717) is 0 Å². The van der Waals surface area contributed by atoms with E-state index in [1.165, 1.54) is 48.8 Å². The molecule has 2 rings (SSSR count). The van der Waals surface area contributed by atoms with E-state index in [4.69, 9.17) is 5.73 Å². The summed E-state index contributed by atoms with van der Waals surface area (Å²) in [6.45, 7) is 6.73. The number of benzene rings is 1. The van der Waals surface area contributed by atoms with Crippen molar-refractivity contribution in [3.63, 3.8) is 0 Å². The van der Waals surface area contributed by atoms with Crippen molar-refractivity contribution in [1.82, 2.24) is 0 Å². The van der Waals surface area contributed by atoms with Crippen LogP contribution in [0.4, 0.5) is 0 Å². The molecule has 0 bridgehead atoms. The Morgan fingerprint density at radius 2 is 1.94 bits per heavy atom. The Labute approximate surface area is 112 Å². The van der Waals surface area contributed by atoms with E-state index in [9.17, 15) is 0 Å². The highest BCUT2D eigenvalue weighted by Gasteiger charge is 2.28. The van der Waals surface area contributed by atoms with Crippen LogP contribution in [0.5, 0.6) is 0 Å². The van der Waals surface area contributed by atoms with Crippen molar-refractivity contribution in [3.05, 3.63) is 34.9 Å². The molecule has 1 aromatic rings. The highest BCUT2D eigenvalue weighted by molar-refractivity contribution is 5.31. The SMILES string of the molecule is Cc1ccc(CC2(N)CCCC(C)CC2)cc1C. The highest BCUT2D eigenvalue weighted by Crippen LogP contribution is 2.31. The van der Waals surface area contributed by atoms with E-state index < -0.39 is 0 Å². The van der Waals surface area contributed by atoms with Crippen LogP contribution in [-0.4, -0.2) is 5.54 Å². The molecular formula is C17H27N. The van der Waals surface area contributed by atoms with Gasteiger partial charge in [0.1, 0.15) is 0 Å². The van der Waals surface area contributed by atoms with Gasteiger partial charge >= 0.3 is 0 Å². The number of hydrogen-bond donors (Lipinski definition) is 1. The summed E-state index contributed by atoms with van der Waals surface area (Å²) in [6, 6.07) is 6.80. The minimum atomic E-state index is 0.0342. The molecule has 2 unspecified atom stereocenters. The van der Waals surface area contributed by atoms with Gasteiger partial charge in [-0.15, -0.1) is 0 Å². The summed E-state index contributed by atoms with van der Waals surface area (Å²) in [5.74, 6) is 0.857. The van der Waals surface area contributed by atoms with Crippen molar-refractivity contribution < 1.29 is 0 Å². The van der Waals surface area contributed by atoms with E-state index in [0.717, 1.165) is 12.3 Å². The Balaban J connectivity index is 2.09. The maximum absolute atomic E-state index is 6.64. The molecule has 2 atom stereocenters. The van der Waals surface area contributed by atoms with Gasteiger partial charge in [-0.3, -0.25) is 0 Å². The van der Waals surface area contributed by atoms with Gasteiger partial charge in [-0.2, -0.15) is 0 Å². The van der Waals surface area contributed by atoms with Gasteiger partial charge in [0, 0.05) is 5.54 Å². The van der Waals surface area contributed by atoms with E-state index in [2.05, 4.69) is 39.0 Å². The summed E-state index contributed by atoms with van der Waals surface area (Å²) < 4.78 is 0. The van der Waals surface area contributed by atoms with Gasteiger partial charge in [0.15, 0.2) is 0 Å². The van der Waals surface area contributed by atoms with Gasteiger partial charge in [0.25, 0.3) is 0 Å². The van der Waals surface area contributed by atoms with Crippen molar-refractivity contribution in [1.29, 1.82) is 0 Å². The molecule has 1 heteroatoms. The molecule has 1 aliphatic rings. The van der Waals surface area contributed by atoms with Gasteiger partial charge in [-0.1, -0.05) is 38.0 Å². The summed E-state index contributed by atoms with van der Waals surface area (Å²) in [6.07, 6.45) is 7.35. The molecule has 1 saturated carbocycles. The summed E-state index contributed by atoms with van der Waals surface area (Å²) >= 11 is 0. The predicted molar refractivity (Wildman–Crippen MR) is 78.8 cm³/mol. The largest absolute Gasteiger partial charge is 0.325 e. The second-order valence-corrected chi connectivity index (χ2v) is 6.49. The van der Waals surface area contributed by atoms with Crippen LogP contribution in [0.15, 0.2) is 18.2 Å². The van der Waals surface area contributed by atoms with Gasteiger partial charge < -0.3 is 5.73 Å². The zero-order valence-electron chi connectivity index (χ0n) is 12.1. The molecule has 2 N–H and O–H groups in total. The van der Waals surface area contributed by atoms with Crippen LogP contribution in [0.2, 0.25) is 0 Å². The van der Waals surface area contributed by atoms with Crippen LogP contribution >= 0.6 is 0 Å². The molecule has 100 valence electrons. The minimum Gasteiger partial charge on any atom is -0.325 e. The van der Waals surface area contributed by atoms with E-state index in [1.807, 2.05) is 0 Å². The van der Waals surface area contributed by atoms with Gasteiger partial charge in [0.2, 0.25) is 0 Å². The summed E-state index contributed by atoms with van der Waals surface area (Å²) in [5, 5.41) is 0. The highest BCUT2D eigenvalue weighted by atomic mass is 14.7. The summed E-state index contributed by atoms with van der Waals surface area (Å²) in [5.41, 5.74) is 10.8. The fourth-order valence-corrected chi connectivity index (χ4v) is 3.10. The molecule has 1 aromatic carbocycles. The Bertz CT molecular complexity index is 410. The lowest BCUT2D eigenvalue weighted by Crippen LogP contribution is -2.41. The molecule has 0 saturated heterocycles. The summed E-state index contributed by atoms with van der Waals surface area (Å²) in [4.78, 5) is 0. The van der Waals surface area contributed by atoms with E-state index in [1.54, 1.807) is 0 Å². The molecule has 0 radical (unpaired) electrons. The average Bonchev–Trinajstić information content (AvgIpc) is 2.47. The molecule has 0 amide bonds.